The first-order valence-electron chi connectivity index (χ1n) is 6.24. The number of nitrogens with one attached hydrogen (secondary N) is 1. The van der Waals surface area contributed by atoms with E-state index in [0.717, 1.165) is 18.5 Å². The summed E-state index contributed by atoms with van der Waals surface area (Å²) >= 11 is 1.26. The molecule has 0 saturated heterocycles. The van der Waals surface area contributed by atoms with Crippen molar-refractivity contribution in [1.82, 2.24) is 15.3 Å². The second kappa shape index (κ2) is 7.21. The van der Waals surface area contributed by atoms with Crippen molar-refractivity contribution in [3.63, 3.8) is 0 Å². The molecular formula is C14H16FN3S. The molecule has 0 saturated carbocycles. The van der Waals surface area contributed by atoms with Crippen LogP contribution in [-0.4, -0.2) is 16.5 Å². The summed E-state index contributed by atoms with van der Waals surface area (Å²) in [5.74, 6) is -0.228. The summed E-state index contributed by atoms with van der Waals surface area (Å²) in [7, 11) is 0. The van der Waals surface area contributed by atoms with E-state index >= 15 is 0 Å². The van der Waals surface area contributed by atoms with Gasteiger partial charge in [0.05, 0.1) is 4.90 Å². The number of halogens is 1. The van der Waals surface area contributed by atoms with Crippen molar-refractivity contribution >= 4 is 11.8 Å². The maximum absolute atomic E-state index is 13.9. The molecule has 1 N–H and O–H groups in total. The first kappa shape index (κ1) is 14.0. The molecule has 100 valence electrons. The van der Waals surface area contributed by atoms with Gasteiger partial charge in [-0.2, -0.15) is 0 Å². The van der Waals surface area contributed by atoms with E-state index in [-0.39, 0.29) is 5.82 Å². The van der Waals surface area contributed by atoms with Crippen LogP contribution in [-0.2, 0) is 6.54 Å². The molecule has 19 heavy (non-hydrogen) atoms. The van der Waals surface area contributed by atoms with Crippen molar-refractivity contribution in [3.8, 4) is 0 Å². The predicted molar refractivity (Wildman–Crippen MR) is 74.6 cm³/mol. The Labute approximate surface area is 116 Å². The maximum atomic E-state index is 13.9. The van der Waals surface area contributed by atoms with Gasteiger partial charge in [-0.15, -0.1) is 0 Å². The van der Waals surface area contributed by atoms with Crippen molar-refractivity contribution in [2.24, 2.45) is 0 Å². The molecule has 3 nitrogen and oxygen atoms in total. The third kappa shape index (κ3) is 4.01. The molecular weight excluding hydrogens is 261 g/mol. The van der Waals surface area contributed by atoms with Gasteiger partial charge in [-0.1, -0.05) is 19.1 Å². The number of hydrogen-bond acceptors (Lipinski definition) is 4. The Morgan fingerprint density at radius 3 is 2.74 bits per heavy atom. The third-order valence-corrected chi connectivity index (χ3v) is 3.58. The Kier molecular flexibility index (Phi) is 5.30. The van der Waals surface area contributed by atoms with E-state index in [2.05, 4.69) is 22.2 Å². The van der Waals surface area contributed by atoms with E-state index in [4.69, 9.17) is 0 Å². The molecule has 1 heterocycles. The predicted octanol–water partition coefficient (Wildman–Crippen LogP) is 3.27. The van der Waals surface area contributed by atoms with Crippen LogP contribution < -0.4 is 5.32 Å². The summed E-state index contributed by atoms with van der Waals surface area (Å²) in [4.78, 5) is 8.83. The van der Waals surface area contributed by atoms with Gasteiger partial charge in [0.15, 0.2) is 5.16 Å². The first-order valence-corrected chi connectivity index (χ1v) is 7.06. The Balaban J connectivity index is 2.18. The smallest absolute Gasteiger partial charge is 0.192 e. The summed E-state index contributed by atoms with van der Waals surface area (Å²) in [6, 6.07) is 6.87. The zero-order valence-corrected chi connectivity index (χ0v) is 11.6. The minimum absolute atomic E-state index is 0.228. The van der Waals surface area contributed by atoms with Crippen LogP contribution in [0.2, 0.25) is 0 Å². The lowest BCUT2D eigenvalue weighted by atomic mass is 10.2. The Morgan fingerprint density at radius 1 is 1.21 bits per heavy atom. The van der Waals surface area contributed by atoms with Crippen molar-refractivity contribution < 1.29 is 4.39 Å². The van der Waals surface area contributed by atoms with Crippen molar-refractivity contribution in [2.75, 3.05) is 6.54 Å². The molecule has 0 fully saturated rings. The molecule has 0 amide bonds. The zero-order chi connectivity index (χ0) is 13.5. The van der Waals surface area contributed by atoms with Gasteiger partial charge in [-0.25, -0.2) is 14.4 Å². The van der Waals surface area contributed by atoms with Crippen molar-refractivity contribution in [1.29, 1.82) is 0 Å². The highest BCUT2D eigenvalue weighted by atomic mass is 32.2. The molecule has 0 atom stereocenters. The average Bonchev–Trinajstić information content (AvgIpc) is 2.44. The van der Waals surface area contributed by atoms with Gasteiger partial charge in [-0.3, -0.25) is 0 Å². The molecule has 0 unspecified atom stereocenters. The molecule has 0 spiro atoms. The lowest BCUT2D eigenvalue weighted by molar-refractivity contribution is 0.588. The molecule has 0 bridgehead atoms. The van der Waals surface area contributed by atoms with E-state index < -0.39 is 0 Å². The van der Waals surface area contributed by atoms with E-state index in [1.165, 1.54) is 17.8 Å². The molecule has 2 aromatic rings. The second-order valence-corrected chi connectivity index (χ2v) is 5.02. The number of aromatic nitrogens is 2. The van der Waals surface area contributed by atoms with Gasteiger partial charge in [0, 0.05) is 18.9 Å². The fourth-order valence-electron chi connectivity index (χ4n) is 1.64. The molecule has 0 aliphatic rings. The number of hydrogen-bond donors (Lipinski definition) is 1. The molecule has 5 heteroatoms. The first-order chi connectivity index (χ1) is 9.31. The highest BCUT2D eigenvalue weighted by Crippen LogP contribution is 2.30. The van der Waals surface area contributed by atoms with Crippen molar-refractivity contribution in [2.45, 2.75) is 29.9 Å². The van der Waals surface area contributed by atoms with Gasteiger partial charge in [0.25, 0.3) is 0 Å². The summed E-state index contributed by atoms with van der Waals surface area (Å²) in [5, 5.41) is 3.84. The molecule has 1 aromatic carbocycles. The van der Waals surface area contributed by atoms with Crippen LogP contribution in [0.3, 0.4) is 0 Å². The van der Waals surface area contributed by atoms with E-state index in [1.54, 1.807) is 24.5 Å². The zero-order valence-electron chi connectivity index (χ0n) is 10.8. The number of rotatable bonds is 6. The summed E-state index contributed by atoms with van der Waals surface area (Å²) < 4.78 is 13.9. The van der Waals surface area contributed by atoms with Crippen molar-refractivity contribution in [3.05, 3.63) is 48.0 Å². The van der Waals surface area contributed by atoms with Gasteiger partial charge in [-0.05, 0) is 42.4 Å². The van der Waals surface area contributed by atoms with Gasteiger partial charge in [0.2, 0.25) is 0 Å². The molecule has 0 radical (unpaired) electrons. The van der Waals surface area contributed by atoms with Crippen LogP contribution in [0.5, 0.6) is 0 Å². The lowest BCUT2D eigenvalue weighted by Gasteiger charge is -2.10. The molecule has 1 aromatic heterocycles. The summed E-state index contributed by atoms with van der Waals surface area (Å²) in [5.41, 5.74) is 0.936. The van der Waals surface area contributed by atoms with Crippen LogP contribution in [0.4, 0.5) is 4.39 Å². The fraction of sp³-hybridized carbons (Fsp3) is 0.286. The highest BCUT2D eigenvalue weighted by Gasteiger charge is 2.11. The maximum Gasteiger partial charge on any atom is 0.192 e. The molecule has 0 aliphatic heterocycles. The molecule has 2 rings (SSSR count). The van der Waals surface area contributed by atoms with E-state index in [9.17, 15) is 4.39 Å². The van der Waals surface area contributed by atoms with Crippen LogP contribution >= 0.6 is 11.8 Å². The van der Waals surface area contributed by atoms with Crippen LogP contribution in [0.1, 0.15) is 18.9 Å². The van der Waals surface area contributed by atoms with Gasteiger partial charge in [0.1, 0.15) is 5.82 Å². The lowest BCUT2D eigenvalue weighted by Crippen LogP contribution is -2.14. The topological polar surface area (TPSA) is 37.8 Å². The monoisotopic (exact) mass is 277 g/mol. The largest absolute Gasteiger partial charge is 0.313 e. The highest BCUT2D eigenvalue weighted by molar-refractivity contribution is 7.99. The Bertz CT molecular complexity index is 519. The third-order valence-electron chi connectivity index (χ3n) is 2.53. The van der Waals surface area contributed by atoms with Gasteiger partial charge < -0.3 is 5.32 Å². The average molecular weight is 277 g/mol. The number of nitrogens with zero attached hydrogens (tertiary/aromatic N) is 2. The number of benzene rings is 1. The summed E-state index contributed by atoms with van der Waals surface area (Å²) in [6.45, 7) is 3.68. The second-order valence-electron chi connectivity index (χ2n) is 4.04. The standard InChI is InChI=1S/C14H16FN3S/c1-2-7-16-10-11-5-3-6-12(15)13(11)19-14-17-8-4-9-18-14/h3-6,8-9,16H,2,7,10H2,1H3. The van der Waals surface area contributed by atoms with Crippen LogP contribution in [0, 0.1) is 5.82 Å². The normalized spacial score (nSPS) is 10.6. The summed E-state index contributed by atoms with van der Waals surface area (Å²) in [6.07, 6.45) is 4.37. The molecule has 0 aliphatic carbocycles. The Morgan fingerprint density at radius 2 is 2.00 bits per heavy atom. The quantitative estimate of drug-likeness (QED) is 0.649. The SMILES string of the molecule is CCCNCc1cccc(F)c1Sc1ncccn1. The van der Waals surface area contributed by atoms with E-state index in [0.29, 0.717) is 16.6 Å². The van der Waals surface area contributed by atoms with Gasteiger partial charge >= 0.3 is 0 Å². The minimum atomic E-state index is -0.228. The van der Waals surface area contributed by atoms with E-state index in [1.807, 2.05) is 6.07 Å². The minimum Gasteiger partial charge on any atom is -0.313 e. The van der Waals surface area contributed by atoms with Crippen LogP contribution in [0.25, 0.3) is 0 Å². The fourth-order valence-corrected chi connectivity index (χ4v) is 2.48. The Hall–Kier alpha value is -1.46. The van der Waals surface area contributed by atoms with Crippen LogP contribution in [0.15, 0.2) is 46.7 Å².